The van der Waals surface area contributed by atoms with Crippen molar-refractivity contribution in [2.75, 3.05) is 5.32 Å². The van der Waals surface area contributed by atoms with Gasteiger partial charge in [0.25, 0.3) is 5.91 Å². The Hall–Kier alpha value is -2.55. The van der Waals surface area contributed by atoms with Gasteiger partial charge in [-0.15, -0.1) is 34.4 Å². The second-order valence-corrected chi connectivity index (χ2v) is 8.42. The van der Waals surface area contributed by atoms with Crippen LogP contribution in [-0.4, -0.2) is 15.9 Å². The summed E-state index contributed by atoms with van der Waals surface area (Å²) in [6.07, 6.45) is 0. The standard InChI is InChI=1S/C20H14FN3OS3/c21-15-5-1-13(2-6-15)18-11-28-20(23-18)24-19(25)14-3-7-17(8-4-14)27-10-16-9-26-12-22-16/h1-9,11-12H,10H2,(H,23,24,25). The van der Waals surface area contributed by atoms with Gasteiger partial charge in [-0.3, -0.25) is 10.1 Å². The highest BCUT2D eigenvalue weighted by Gasteiger charge is 2.10. The number of nitrogens with zero attached hydrogens (tertiary/aromatic N) is 2. The number of nitrogens with one attached hydrogen (secondary N) is 1. The Balaban J connectivity index is 1.37. The highest BCUT2D eigenvalue weighted by atomic mass is 32.2. The molecule has 2 heterocycles. The first kappa shape index (κ1) is 18.8. The number of hydrogen-bond donors (Lipinski definition) is 1. The number of amides is 1. The summed E-state index contributed by atoms with van der Waals surface area (Å²) < 4.78 is 13.0. The van der Waals surface area contributed by atoms with Crippen LogP contribution in [0.4, 0.5) is 9.52 Å². The van der Waals surface area contributed by atoms with E-state index in [4.69, 9.17) is 0 Å². The first-order valence-corrected chi connectivity index (χ1v) is 11.1. The van der Waals surface area contributed by atoms with Crippen LogP contribution in [0.2, 0.25) is 0 Å². The lowest BCUT2D eigenvalue weighted by Crippen LogP contribution is -2.11. The summed E-state index contributed by atoms with van der Waals surface area (Å²) in [6, 6.07) is 13.6. The topological polar surface area (TPSA) is 54.9 Å². The predicted octanol–water partition coefficient (Wildman–Crippen LogP) is 5.95. The molecule has 4 aromatic rings. The summed E-state index contributed by atoms with van der Waals surface area (Å²) in [5.41, 5.74) is 4.95. The Morgan fingerprint density at radius 1 is 1.07 bits per heavy atom. The fraction of sp³-hybridized carbons (Fsp3) is 0.0500. The van der Waals surface area contributed by atoms with Crippen molar-refractivity contribution >= 4 is 45.5 Å². The van der Waals surface area contributed by atoms with E-state index in [1.54, 1.807) is 47.4 Å². The average Bonchev–Trinajstić information content (AvgIpc) is 3.39. The fourth-order valence-corrected chi connectivity index (χ4v) is 4.60. The van der Waals surface area contributed by atoms with Crippen LogP contribution >= 0.6 is 34.4 Å². The van der Waals surface area contributed by atoms with E-state index in [0.29, 0.717) is 16.4 Å². The summed E-state index contributed by atoms with van der Waals surface area (Å²) in [4.78, 5) is 22.2. The lowest BCUT2D eigenvalue weighted by molar-refractivity contribution is 0.102. The SMILES string of the molecule is O=C(Nc1nc(-c2ccc(F)cc2)cs1)c1ccc(SCc2cscn2)cc1. The molecule has 2 aromatic heterocycles. The minimum Gasteiger partial charge on any atom is -0.298 e. The number of hydrogen-bond acceptors (Lipinski definition) is 6. The summed E-state index contributed by atoms with van der Waals surface area (Å²) in [7, 11) is 0. The minimum atomic E-state index is -0.291. The van der Waals surface area contributed by atoms with Crippen LogP contribution in [-0.2, 0) is 5.75 Å². The lowest BCUT2D eigenvalue weighted by atomic mass is 10.2. The normalized spacial score (nSPS) is 10.8. The number of thiazole rings is 2. The number of aromatic nitrogens is 2. The third-order valence-corrected chi connectivity index (χ3v) is 6.29. The smallest absolute Gasteiger partial charge is 0.257 e. The van der Waals surface area contributed by atoms with Crippen molar-refractivity contribution in [1.82, 2.24) is 9.97 Å². The van der Waals surface area contributed by atoms with Crippen molar-refractivity contribution in [2.24, 2.45) is 0 Å². The lowest BCUT2D eigenvalue weighted by Gasteiger charge is -2.04. The molecule has 0 saturated heterocycles. The number of thioether (sulfide) groups is 1. The zero-order valence-corrected chi connectivity index (χ0v) is 16.9. The van der Waals surface area contributed by atoms with Gasteiger partial charge in [0, 0.05) is 32.5 Å². The van der Waals surface area contributed by atoms with Crippen molar-refractivity contribution in [3.8, 4) is 11.3 Å². The quantitative estimate of drug-likeness (QED) is 0.386. The van der Waals surface area contributed by atoms with Gasteiger partial charge in [-0.05, 0) is 48.5 Å². The third kappa shape index (κ3) is 4.64. The predicted molar refractivity (Wildman–Crippen MR) is 114 cm³/mol. The summed E-state index contributed by atoms with van der Waals surface area (Å²) >= 11 is 4.60. The molecule has 1 N–H and O–H groups in total. The summed E-state index contributed by atoms with van der Waals surface area (Å²) in [5.74, 6) is 0.303. The van der Waals surface area contributed by atoms with Crippen molar-refractivity contribution in [3.63, 3.8) is 0 Å². The Morgan fingerprint density at radius 2 is 1.86 bits per heavy atom. The number of carbonyl (C=O) groups excluding carboxylic acids is 1. The second kappa shape index (κ2) is 8.64. The Labute approximate surface area is 173 Å². The molecule has 8 heteroatoms. The van der Waals surface area contributed by atoms with E-state index >= 15 is 0 Å². The van der Waals surface area contributed by atoms with E-state index in [1.807, 2.05) is 28.4 Å². The largest absolute Gasteiger partial charge is 0.298 e. The number of halogens is 1. The Morgan fingerprint density at radius 3 is 2.57 bits per heavy atom. The summed E-state index contributed by atoms with van der Waals surface area (Å²) in [6.45, 7) is 0. The van der Waals surface area contributed by atoms with E-state index in [0.717, 1.165) is 21.9 Å². The molecule has 1 amide bonds. The van der Waals surface area contributed by atoms with Crippen LogP contribution < -0.4 is 5.32 Å². The van der Waals surface area contributed by atoms with Crippen LogP contribution in [0, 0.1) is 5.82 Å². The molecule has 0 radical (unpaired) electrons. The maximum atomic E-state index is 13.0. The van der Waals surface area contributed by atoms with Crippen LogP contribution in [0.5, 0.6) is 0 Å². The fourth-order valence-electron chi connectivity index (χ4n) is 2.42. The molecule has 2 aromatic carbocycles. The van der Waals surface area contributed by atoms with Crippen LogP contribution in [0.1, 0.15) is 16.1 Å². The molecule has 4 nitrogen and oxygen atoms in total. The Bertz CT molecular complexity index is 1060. The zero-order valence-electron chi connectivity index (χ0n) is 14.5. The van der Waals surface area contributed by atoms with Crippen LogP contribution in [0.25, 0.3) is 11.3 Å². The van der Waals surface area contributed by atoms with E-state index in [2.05, 4.69) is 15.3 Å². The second-order valence-electron chi connectivity index (χ2n) is 5.79. The molecular weight excluding hydrogens is 413 g/mol. The van der Waals surface area contributed by atoms with Gasteiger partial charge in [-0.1, -0.05) is 0 Å². The van der Waals surface area contributed by atoms with Gasteiger partial charge in [0.05, 0.1) is 16.9 Å². The Kier molecular flexibility index (Phi) is 5.80. The molecule has 0 aliphatic heterocycles. The molecule has 0 atom stereocenters. The van der Waals surface area contributed by atoms with Crippen LogP contribution in [0.15, 0.2) is 69.7 Å². The highest BCUT2D eigenvalue weighted by Crippen LogP contribution is 2.26. The van der Waals surface area contributed by atoms with Crippen molar-refractivity contribution in [1.29, 1.82) is 0 Å². The van der Waals surface area contributed by atoms with Gasteiger partial charge < -0.3 is 0 Å². The molecule has 0 aliphatic rings. The van der Waals surface area contributed by atoms with Crippen molar-refractivity contribution in [3.05, 3.63) is 81.9 Å². The van der Waals surface area contributed by atoms with Crippen molar-refractivity contribution in [2.45, 2.75) is 10.6 Å². The third-order valence-electron chi connectivity index (χ3n) is 3.85. The van der Waals surface area contributed by atoms with Crippen LogP contribution in [0.3, 0.4) is 0 Å². The maximum Gasteiger partial charge on any atom is 0.257 e. The molecule has 0 saturated carbocycles. The minimum absolute atomic E-state index is 0.212. The molecular formula is C20H14FN3OS3. The zero-order chi connectivity index (χ0) is 19.3. The molecule has 0 spiro atoms. The average molecular weight is 428 g/mol. The number of benzene rings is 2. The number of carbonyl (C=O) groups is 1. The number of rotatable bonds is 6. The van der Waals surface area contributed by atoms with Gasteiger partial charge in [-0.2, -0.15) is 0 Å². The number of anilines is 1. The van der Waals surface area contributed by atoms with E-state index in [-0.39, 0.29) is 11.7 Å². The van der Waals surface area contributed by atoms with Gasteiger partial charge in [0.15, 0.2) is 5.13 Å². The first-order chi connectivity index (χ1) is 13.7. The van der Waals surface area contributed by atoms with Gasteiger partial charge >= 0.3 is 0 Å². The van der Waals surface area contributed by atoms with Gasteiger partial charge in [-0.25, -0.2) is 14.4 Å². The van der Waals surface area contributed by atoms with Gasteiger partial charge in [0.1, 0.15) is 5.82 Å². The summed E-state index contributed by atoms with van der Waals surface area (Å²) in [5, 5.41) is 7.18. The molecule has 0 unspecified atom stereocenters. The maximum absolute atomic E-state index is 13.0. The van der Waals surface area contributed by atoms with Crippen molar-refractivity contribution < 1.29 is 9.18 Å². The molecule has 4 rings (SSSR count). The molecule has 28 heavy (non-hydrogen) atoms. The molecule has 0 fully saturated rings. The van der Waals surface area contributed by atoms with E-state index < -0.39 is 0 Å². The highest BCUT2D eigenvalue weighted by molar-refractivity contribution is 7.98. The van der Waals surface area contributed by atoms with E-state index in [9.17, 15) is 9.18 Å². The first-order valence-electron chi connectivity index (χ1n) is 8.30. The molecule has 0 bridgehead atoms. The van der Waals surface area contributed by atoms with Gasteiger partial charge in [0.2, 0.25) is 0 Å². The van der Waals surface area contributed by atoms with E-state index in [1.165, 1.54) is 23.5 Å². The molecule has 0 aliphatic carbocycles. The molecule has 140 valence electrons. The monoisotopic (exact) mass is 427 g/mol.